The number of nitrogens with zero attached hydrogens (tertiary/aromatic N) is 3. The Bertz CT molecular complexity index is 533. The van der Waals surface area contributed by atoms with Gasteiger partial charge in [0.1, 0.15) is 0 Å². The average Bonchev–Trinajstić information content (AvgIpc) is 2.59. The summed E-state index contributed by atoms with van der Waals surface area (Å²) in [6, 6.07) is 0. The van der Waals surface area contributed by atoms with Crippen LogP contribution >= 0.6 is 0 Å². The number of hydrogen-bond acceptors (Lipinski definition) is 4. The van der Waals surface area contributed by atoms with Crippen molar-refractivity contribution in [2.24, 2.45) is 0 Å². The number of fused-ring (bicyclic) bond motifs is 1. The summed E-state index contributed by atoms with van der Waals surface area (Å²) in [6.07, 6.45) is 3.12. The maximum atomic E-state index is 10.7. The summed E-state index contributed by atoms with van der Waals surface area (Å²) in [5.74, 6) is -0.749. The highest BCUT2D eigenvalue weighted by atomic mass is 16.5. The molecule has 0 fully saturated rings. The maximum Gasteiger partial charge on any atom is 0.356 e. The molecule has 0 spiro atoms. The topological polar surface area (TPSA) is 76.7 Å². The Morgan fingerprint density at radius 1 is 1.47 bits per heavy atom. The molecule has 0 aliphatic carbocycles. The second-order valence-electron chi connectivity index (χ2n) is 3.05. The fraction of sp³-hybridized carbons (Fsp3) is 0.222. The Labute approximate surface area is 85.2 Å². The van der Waals surface area contributed by atoms with Gasteiger partial charge in [0.2, 0.25) is 5.65 Å². The molecular formula is C9H9N3O3. The number of aromatic nitrogens is 3. The highest BCUT2D eigenvalue weighted by Crippen LogP contribution is 2.16. The third-order valence-electron chi connectivity index (χ3n) is 1.94. The van der Waals surface area contributed by atoms with Gasteiger partial charge in [-0.25, -0.2) is 14.8 Å². The molecule has 2 aromatic rings. The molecule has 2 heterocycles. The molecule has 0 amide bonds. The number of imidazole rings is 1. The molecule has 1 N–H and O–H groups in total. The van der Waals surface area contributed by atoms with Crippen LogP contribution in [0.15, 0.2) is 12.4 Å². The monoisotopic (exact) mass is 207 g/mol. The lowest BCUT2D eigenvalue weighted by Crippen LogP contribution is -1.96. The van der Waals surface area contributed by atoms with E-state index in [1.807, 2.05) is 0 Å². The van der Waals surface area contributed by atoms with Gasteiger partial charge in [0.05, 0.1) is 12.8 Å². The Balaban J connectivity index is 2.74. The largest absolute Gasteiger partial charge is 0.478 e. The van der Waals surface area contributed by atoms with Gasteiger partial charge in [0.15, 0.2) is 5.69 Å². The summed E-state index contributed by atoms with van der Waals surface area (Å²) in [6.45, 7) is 1.79. The van der Waals surface area contributed by atoms with Crippen LogP contribution in [0.25, 0.3) is 5.65 Å². The van der Waals surface area contributed by atoms with Crippen LogP contribution in [0, 0.1) is 6.92 Å². The summed E-state index contributed by atoms with van der Waals surface area (Å²) >= 11 is 0. The molecule has 2 rings (SSSR count). The number of hydrogen-bond donors (Lipinski definition) is 1. The molecule has 78 valence electrons. The Kier molecular flexibility index (Phi) is 2.03. The minimum Gasteiger partial charge on any atom is -0.478 e. The molecule has 0 saturated heterocycles. The van der Waals surface area contributed by atoms with Gasteiger partial charge in [0, 0.05) is 12.4 Å². The van der Waals surface area contributed by atoms with Crippen molar-refractivity contribution in [3.8, 4) is 5.88 Å². The second-order valence-corrected chi connectivity index (χ2v) is 3.05. The van der Waals surface area contributed by atoms with Gasteiger partial charge in [-0.1, -0.05) is 0 Å². The van der Waals surface area contributed by atoms with Crippen molar-refractivity contribution in [3.05, 3.63) is 23.8 Å². The average molecular weight is 207 g/mol. The minimum absolute atomic E-state index is 0.0271. The van der Waals surface area contributed by atoms with Crippen molar-refractivity contribution in [1.82, 2.24) is 14.4 Å². The summed E-state index contributed by atoms with van der Waals surface area (Å²) in [7, 11) is 1.47. The predicted molar refractivity (Wildman–Crippen MR) is 51.2 cm³/mol. The minimum atomic E-state index is -1.07. The fourth-order valence-electron chi connectivity index (χ4n) is 1.33. The van der Waals surface area contributed by atoms with E-state index in [1.165, 1.54) is 13.3 Å². The summed E-state index contributed by atoms with van der Waals surface area (Å²) in [5, 5.41) is 8.78. The van der Waals surface area contributed by atoms with Crippen molar-refractivity contribution in [3.63, 3.8) is 0 Å². The number of carboxylic acids is 1. The lowest BCUT2D eigenvalue weighted by molar-refractivity contribution is 0.0691. The van der Waals surface area contributed by atoms with E-state index < -0.39 is 5.97 Å². The van der Waals surface area contributed by atoms with E-state index in [0.29, 0.717) is 11.5 Å². The third kappa shape index (κ3) is 1.50. The second kappa shape index (κ2) is 3.23. The number of carboxylic acid groups (broad SMARTS) is 1. The number of ether oxygens (including phenoxy) is 1. The molecule has 0 unspecified atom stereocenters. The molecule has 0 aliphatic heterocycles. The highest BCUT2D eigenvalue weighted by Gasteiger charge is 2.13. The zero-order valence-corrected chi connectivity index (χ0v) is 8.26. The zero-order chi connectivity index (χ0) is 11.0. The quantitative estimate of drug-likeness (QED) is 0.786. The zero-order valence-electron chi connectivity index (χ0n) is 8.26. The normalized spacial score (nSPS) is 10.5. The van der Waals surface area contributed by atoms with Gasteiger partial charge in [-0.15, -0.1) is 0 Å². The summed E-state index contributed by atoms with van der Waals surface area (Å²) in [4.78, 5) is 18.7. The van der Waals surface area contributed by atoms with Crippen molar-refractivity contribution < 1.29 is 14.6 Å². The standard InChI is InChI=1S/C9H9N3O3/c1-5-3-12-4-6(9(13)14)11-7(12)8(10-5)15-2/h3-4H,1-2H3,(H,13,14). The first-order valence-corrected chi connectivity index (χ1v) is 4.25. The van der Waals surface area contributed by atoms with Gasteiger partial charge >= 0.3 is 5.97 Å². The number of carbonyl (C=O) groups is 1. The summed E-state index contributed by atoms with van der Waals surface area (Å²) < 4.78 is 6.60. The number of rotatable bonds is 2. The Hall–Kier alpha value is -2.11. The Morgan fingerprint density at radius 3 is 2.80 bits per heavy atom. The van der Waals surface area contributed by atoms with Gasteiger partial charge in [-0.2, -0.15) is 0 Å². The number of methoxy groups -OCH3 is 1. The van der Waals surface area contributed by atoms with E-state index in [2.05, 4.69) is 9.97 Å². The van der Waals surface area contributed by atoms with Crippen LogP contribution in [0.5, 0.6) is 5.88 Å². The van der Waals surface area contributed by atoms with Crippen LogP contribution in [0.3, 0.4) is 0 Å². The van der Waals surface area contributed by atoms with Gasteiger partial charge in [-0.3, -0.25) is 4.40 Å². The molecule has 0 atom stereocenters. The SMILES string of the molecule is COc1nc(C)cn2cc(C(=O)O)nc12. The van der Waals surface area contributed by atoms with Crippen LogP contribution in [0.4, 0.5) is 0 Å². The molecule has 0 saturated carbocycles. The molecule has 0 aliphatic rings. The van der Waals surface area contributed by atoms with E-state index in [1.54, 1.807) is 17.5 Å². The molecule has 0 bridgehead atoms. The van der Waals surface area contributed by atoms with E-state index in [9.17, 15) is 4.79 Å². The van der Waals surface area contributed by atoms with Gasteiger partial charge in [0.25, 0.3) is 5.88 Å². The third-order valence-corrected chi connectivity index (χ3v) is 1.94. The first kappa shape index (κ1) is 9.45. The van der Waals surface area contributed by atoms with Gasteiger partial charge in [-0.05, 0) is 6.92 Å². The molecule has 15 heavy (non-hydrogen) atoms. The molecular weight excluding hydrogens is 198 g/mol. The lowest BCUT2D eigenvalue weighted by atomic mass is 10.5. The molecule has 6 nitrogen and oxygen atoms in total. The molecule has 0 aromatic carbocycles. The summed E-state index contributed by atoms with van der Waals surface area (Å²) in [5.41, 5.74) is 1.11. The van der Waals surface area contributed by atoms with Crippen LogP contribution in [0.2, 0.25) is 0 Å². The van der Waals surface area contributed by atoms with Crippen molar-refractivity contribution in [1.29, 1.82) is 0 Å². The molecule has 0 radical (unpaired) electrons. The van der Waals surface area contributed by atoms with Crippen LogP contribution < -0.4 is 4.74 Å². The van der Waals surface area contributed by atoms with Crippen LogP contribution in [-0.2, 0) is 0 Å². The predicted octanol–water partition coefficient (Wildman–Crippen LogP) is 0.745. The highest BCUT2D eigenvalue weighted by molar-refractivity contribution is 5.86. The first-order chi connectivity index (χ1) is 7.11. The van der Waals surface area contributed by atoms with Crippen molar-refractivity contribution in [2.75, 3.05) is 7.11 Å². The van der Waals surface area contributed by atoms with Crippen LogP contribution in [0.1, 0.15) is 16.2 Å². The van der Waals surface area contributed by atoms with Crippen molar-refractivity contribution in [2.45, 2.75) is 6.92 Å². The number of aryl methyl sites for hydroxylation is 1. The Morgan fingerprint density at radius 2 is 2.20 bits per heavy atom. The van der Waals surface area contributed by atoms with Gasteiger partial charge < -0.3 is 9.84 Å². The maximum absolute atomic E-state index is 10.7. The fourth-order valence-corrected chi connectivity index (χ4v) is 1.33. The molecule has 2 aromatic heterocycles. The van der Waals surface area contributed by atoms with Crippen molar-refractivity contribution >= 4 is 11.6 Å². The van der Waals surface area contributed by atoms with E-state index in [4.69, 9.17) is 9.84 Å². The molecule has 6 heteroatoms. The lowest BCUT2D eigenvalue weighted by Gasteiger charge is -2.01. The first-order valence-electron chi connectivity index (χ1n) is 4.25. The van der Waals surface area contributed by atoms with E-state index in [0.717, 1.165) is 5.69 Å². The van der Waals surface area contributed by atoms with E-state index in [-0.39, 0.29) is 5.69 Å². The van der Waals surface area contributed by atoms with E-state index >= 15 is 0 Å². The number of aromatic carboxylic acids is 1. The van der Waals surface area contributed by atoms with Crippen LogP contribution in [-0.4, -0.2) is 32.6 Å². The smallest absolute Gasteiger partial charge is 0.356 e.